The molecule has 1 aromatic carbocycles. The number of nitrogens with zero attached hydrogens (tertiary/aromatic N) is 3. The van der Waals surface area contributed by atoms with Gasteiger partial charge in [0.25, 0.3) is 5.91 Å². The van der Waals surface area contributed by atoms with Crippen LogP contribution in [0.3, 0.4) is 0 Å². The van der Waals surface area contributed by atoms with Gasteiger partial charge in [0.05, 0.1) is 0 Å². The van der Waals surface area contributed by atoms with Crippen LogP contribution in [0.15, 0.2) is 47.5 Å². The Hall–Kier alpha value is -2.32. The smallest absolute Gasteiger partial charge is 0.268 e. The molecule has 168 valence electrons. The molecule has 2 aliphatic heterocycles. The zero-order valence-corrected chi connectivity index (χ0v) is 19.1. The Morgan fingerprint density at radius 2 is 1.77 bits per heavy atom. The van der Waals surface area contributed by atoms with E-state index in [2.05, 4.69) is 29.3 Å². The number of aryl methyl sites for hydroxylation is 1. The fraction of sp³-hybridized carbons (Fsp3) is 0.522. The van der Waals surface area contributed by atoms with Crippen molar-refractivity contribution in [2.24, 2.45) is 13.0 Å². The Kier molecular flexibility index (Phi) is 6.39. The van der Waals surface area contributed by atoms with Gasteiger partial charge in [0.15, 0.2) is 0 Å². The molecule has 1 atom stereocenters. The van der Waals surface area contributed by atoms with Crippen LogP contribution in [0.5, 0.6) is 0 Å². The van der Waals surface area contributed by atoms with Gasteiger partial charge in [-0.25, -0.2) is 8.42 Å². The Morgan fingerprint density at radius 3 is 2.45 bits per heavy atom. The van der Waals surface area contributed by atoms with Crippen molar-refractivity contribution in [3.8, 4) is 0 Å². The van der Waals surface area contributed by atoms with E-state index in [1.165, 1.54) is 11.8 Å². The zero-order valence-electron chi connectivity index (χ0n) is 18.3. The number of para-hydroxylation sites is 1. The van der Waals surface area contributed by atoms with E-state index < -0.39 is 10.0 Å². The number of carbonyl (C=O) groups is 1. The van der Waals surface area contributed by atoms with Crippen LogP contribution in [0.1, 0.15) is 43.1 Å². The first-order valence-electron chi connectivity index (χ1n) is 11.1. The average Bonchev–Trinajstić information content (AvgIpc) is 3.17. The van der Waals surface area contributed by atoms with Crippen LogP contribution in [0.2, 0.25) is 0 Å². The van der Waals surface area contributed by atoms with Crippen LogP contribution >= 0.6 is 0 Å². The minimum Gasteiger partial charge on any atom is -0.371 e. The highest BCUT2D eigenvalue weighted by Crippen LogP contribution is 2.25. The summed E-state index contributed by atoms with van der Waals surface area (Å²) in [7, 11) is -1.85. The molecule has 1 aromatic heterocycles. The van der Waals surface area contributed by atoms with Gasteiger partial charge in [-0.2, -0.15) is 4.31 Å². The number of benzene rings is 1. The van der Waals surface area contributed by atoms with Crippen molar-refractivity contribution in [2.75, 3.05) is 31.1 Å². The molecule has 0 saturated carbocycles. The van der Waals surface area contributed by atoms with E-state index in [1.807, 2.05) is 18.2 Å². The minimum absolute atomic E-state index is 0.0883. The molecule has 0 radical (unpaired) electrons. The number of piperidine rings is 2. The van der Waals surface area contributed by atoms with Crippen LogP contribution < -0.4 is 10.2 Å². The Balaban J connectivity index is 1.39. The van der Waals surface area contributed by atoms with E-state index in [1.54, 1.807) is 22.1 Å². The number of nitrogens with one attached hydrogen (secondary N) is 1. The molecule has 7 nitrogen and oxygen atoms in total. The molecule has 4 rings (SSSR count). The Morgan fingerprint density at radius 1 is 1.06 bits per heavy atom. The first-order chi connectivity index (χ1) is 14.8. The number of rotatable bonds is 5. The summed E-state index contributed by atoms with van der Waals surface area (Å²) in [6.07, 6.45) is 5.21. The van der Waals surface area contributed by atoms with Crippen molar-refractivity contribution in [3.05, 3.63) is 48.3 Å². The molecule has 3 heterocycles. The zero-order chi connectivity index (χ0) is 22.0. The van der Waals surface area contributed by atoms with Crippen molar-refractivity contribution in [3.63, 3.8) is 0 Å². The van der Waals surface area contributed by atoms with E-state index in [9.17, 15) is 13.2 Å². The molecule has 2 aliphatic rings. The lowest BCUT2D eigenvalue weighted by Gasteiger charge is -2.34. The molecule has 1 amide bonds. The molecule has 0 spiro atoms. The maximum absolute atomic E-state index is 13.1. The van der Waals surface area contributed by atoms with Crippen molar-refractivity contribution < 1.29 is 13.2 Å². The van der Waals surface area contributed by atoms with Gasteiger partial charge in [0.1, 0.15) is 10.6 Å². The molecule has 0 aliphatic carbocycles. The largest absolute Gasteiger partial charge is 0.371 e. The fourth-order valence-electron chi connectivity index (χ4n) is 4.59. The van der Waals surface area contributed by atoms with E-state index >= 15 is 0 Å². The number of aromatic nitrogens is 1. The quantitative estimate of drug-likeness (QED) is 0.770. The second kappa shape index (κ2) is 9.04. The van der Waals surface area contributed by atoms with E-state index in [0.29, 0.717) is 24.7 Å². The number of hydrogen-bond acceptors (Lipinski definition) is 4. The maximum atomic E-state index is 13.1. The maximum Gasteiger partial charge on any atom is 0.268 e. The summed E-state index contributed by atoms with van der Waals surface area (Å²) < 4.78 is 29.3. The van der Waals surface area contributed by atoms with E-state index in [-0.39, 0.29) is 16.8 Å². The molecular formula is C23H32N4O3S. The summed E-state index contributed by atoms with van der Waals surface area (Å²) >= 11 is 0. The molecule has 8 heteroatoms. The lowest BCUT2D eigenvalue weighted by molar-refractivity contribution is 0.0923. The summed E-state index contributed by atoms with van der Waals surface area (Å²) in [6.45, 7) is 4.93. The highest BCUT2D eigenvalue weighted by atomic mass is 32.2. The van der Waals surface area contributed by atoms with Gasteiger partial charge in [0, 0.05) is 51.2 Å². The Bertz CT molecular complexity index is 1010. The molecular weight excluding hydrogens is 412 g/mol. The van der Waals surface area contributed by atoms with Gasteiger partial charge < -0.3 is 14.8 Å². The van der Waals surface area contributed by atoms with Crippen LogP contribution in [0.4, 0.5) is 5.69 Å². The fourth-order valence-corrected chi connectivity index (χ4v) is 6.27. The second-order valence-electron chi connectivity index (χ2n) is 8.85. The van der Waals surface area contributed by atoms with Crippen molar-refractivity contribution in [1.82, 2.24) is 14.2 Å². The highest BCUT2D eigenvalue weighted by Gasteiger charge is 2.31. The number of carbonyl (C=O) groups excluding carboxylic acids is 1. The van der Waals surface area contributed by atoms with Gasteiger partial charge in [0.2, 0.25) is 10.0 Å². The molecule has 2 aromatic rings. The normalized spacial score (nSPS) is 21.2. The molecule has 0 bridgehead atoms. The third-order valence-electron chi connectivity index (χ3n) is 6.42. The second-order valence-corrected chi connectivity index (χ2v) is 10.8. The minimum atomic E-state index is -3.58. The van der Waals surface area contributed by atoms with Crippen LogP contribution in [-0.4, -0.2) is 55.4 Å². The summed E-state index contributed by atoms with van der Waals surface area (Å²) in [5, 5.41) is 3.10. The molecule has 2 saturated heterocycles. The molecule has 1 N–H and O–H groups in total. The van der Waals surface area contributed by atoms with Gasteiger partial charge in [-0.05, 0) is 49.8 Å². The van der Waals surface area contributed by atoms with E-state index in [4.69, 9.17) is 0 Å². The number of hydrogen-bond donors (Lipinski definition) is 1. The average molecular weight is 445 g/mol. The van der Waals surface area contributed by atoms with Crippen molar-refractivity contribution >= 4 is 21.6 Å². The van der Waals surface area contributed by atoms with Crippen molar-refractivity contribution in [2.45, 2.75) is 43.5 Å². The molecule has 2 fully saturated rings. The first kappa shape index (κ1) is 21.9. The van der Waals surface area contributed by atoms with Gasteiger partial charge >= 0.3 is 0 Å². The van der Waals surface area contributed by atoms with Gasteiger partial charge in [-0.15, -0.1) is 0 Å². The summed E-state index contributed by atoms with van der Waals surface area (Å²) in [5.41, 5.74) is 1.59. The van der Waals surface area contributed by atoms with Gasteiger partial charge in [-0.3, -0.25) is 4.79 Å². The van der Waals surface area contributed by atoms with E-state index in [0.717, 1.165) is 38.8 Å². The third kappa shape index (κ3) is 4.80. The lowest BCUT2D eigenvalue weighted by atomic mass is 10.0. The standard InChI is InChI=1S/C23H32N4O3S/c1-18-7-6-12-27(16-18)31(29,30)21-15-22(25(2)17-21)23(28)24-19-10-13-26(14-11-19)20-8-4-3-5-9-20/h3-5,8-9,15,17-19H,6-7,10-14,16H2,1-2H3,(H,24,28). The monoisotopic (exact) mass is 444 g/mol. The predicted molar refractivity (Wildman–Crippen MR) is 122 cm³/mol. The highest BCUT2D eigenvalue weighted by molar-refractivity contribution is 7.89. The molecule has 1 unspecified atom stereocenters. The van der Waals surface area contributed by atoms with Crippen molar-refractivity contribution in [1.29, 1.82) is 0 Å². The van der Waals surface area contributed by atoms with Crippen LogP contribution in [0.25, 0.3) is 0 Å². The van der Waals surface area contributed by atoms with Gasteiger partial charge in [-0.1, -0.05) is 25.1 Å². The van der Waals surface area contributed by atoms with Crippen LogP contribution in [-0.2, 0) is 17.1 Å². The summed E-state index contributed by atoms with van der Waals surface area (Å²) in [4.78, 5) is 15.4. The summed E-state index contributed by atoms with van der Waals surface area (Å²) in [6, 6.07) is 11.9. The Labute approximate surface area is 185 Å². The SMILES string of the molecule is CC1CCCN(S(=O)(=O)c2cc(C(=O)NC3CCN(c4ccccc4)CC3)n(C)c2)C1. The lowest BCUT2D eigenvalue weighted by Crippen LogP contribution is -2.45. The number of anilines is 1. The topological polar surface area (TPSA) is 74.7 Å². The number of sulfonamides is 1. The predicted octanol–water partition coefficient (Wildman–Crippen LogP) is 2.84. The molecule has 31 heavy (non-hydrogen) atoms. The number of amides is 1. The first-order valence-corrected chi connectivity index (χ1v) is 12.6. The van der Waals surface area contributed by atoms with Crippen LogP contribution in [0, 0.1) is 5.92 Å². The summed E-state index contributed by atoms with van der Waals surface area (Å²) in [5.74, 6) is 0.144. The third-order valence-corrected chi connectivity index (χ3v) is 8.25.